The molecule has 2 aromatic rings. The molecule has 1 fully saturated rings. The minimum absolute atomic E-state index is 0.0467. The van der Waals surface area contributed by atoms with Crippen LogP contribution in [0.2, 0.25) is 0 Å². The molecule has 0 aromatic heterocycles. The Morgan fingerprint density at radius 2 is 1.74 bits per heavy atom. The Kier molecular flexibility index (Phi) is 7.44. The Labute approximate surface area is 202 Å². The fraction of sp³-hybridized carbons (Fsp3) is 0.500. The highest BCUT2D eigenvalue weighted by atomic mass is 16.5. The van der Waals surface area contributed by atoms with Gasteiger partial charge in [-0.25, -0.2) is 0 Å². The molecule has 0 unspecified atom stereocenters. The molecule has 2 aromatic carbocycles. The molecule has 2 amide bonds. The maximum Gasteiger partial charge on any atom is 0.255 e. The predicted molar refractivity (Wildman–Crippen MR) is 132 cm³/mol. The molecule has 0 radical (unpaired) electrons. The van der Waals surface area contributed by atoms with Gasteiger partial charge in [0, 0.05) is 24.6 Å². The Balaban J connectivity index is 1.59. The first-order valence-corrected chi connectivity index (χ1v) is 12.4. The van der Waals surface area contributed by atoms with Crippen LogP contribution >= 0.6 is 0 Å². The van der Waals surface area contributed by atoms with E-state index in [9.17, 15) is 9.59 Å². The molecule has 34 heavy (non-hydrogen) atoms. The average molecular weight is 465 g/mol. The zero-order valence-corrected chi connectivity index (χ0v) is 20.6. The van der Waals surface area contributed by atoms with Gasteiger partial charge in [0.2, 0.25) is 5.91 Å². The van der Waals surface area contributed by atoms with Gasteiger partial charge in [0.05, 0.1) is 14.2 Å². The number of fused-ring (bicyclic) bond motifs is 1. The second-order valence-electron chi connectivity index (χ2n) is 9.67. The molecule has 6 heteroatoms. The van der Waals surface area contributed by atoms with Crippen molar-refractivity contribution in [2.45, 2.75) is 69.9 Å². The van der Waals surface area contributed by atoms with Crippen LogP contribution in [0.3, 0.4) is 0 Å². The Hall–Kier alpha value is -3.02. The van der Waals surface area contributed by atoms with E-state index in [2.05, 4.69) is 5.32 Å². The number of hydrogen-bond acceptors (Lipinski definition) is 4. The molecular weight excluding hydrogens is 428 g/mol. The lowest BCUT2D eigenvalue weighted by molar-refractivity contribution is -0.132. The summed E-state index contributed by atoms with van der Waals surface area (Å²) in [5, 5.41) is 3.31. The fourth-order valence-corrected chi connectivity index (χ4v) is 5.31. The van der Waals surface area contributed by atoms with Crippen molar-refractivity contribution in [2.75, 3.05) is 20.8 Å². The molecule has 1 N–H and O–H groups in total. The zero-order chi connectivity index (χ0) is 24.1. The maximum absolute atomic E-state index is 13.7. The largest absolute Gasteiger partial charge is 0.493 e. The smallest absolute Gasteiger partial charge is 0.255 e. The van der Waals surface area contributed by atoms with Crippen LogP contribution in [0.15, 0.2) is 42.5 Å². The van der Waals surface area contributed by atoms with Gasteiger partial charge in [-0.2, -0.15) is 0 Å². The van der Waals surface area contributed by atoms with Crippen molar-refractivity contribution in [1.82, 2.24) is 10.2 Å². The summed E-state index contributed by atoms with van der Waals surface area (Å²) in [6, 6.07) is 13.6. The normalized spacial score (nSPS) is 20.9. The van der Waals surface area contributed by atoms with Crippen molar-refractivity contribution >= 4 is 11.8 Å². The third-order valence-electron chi connectivity index (χ3n) is 7.37. The Morgan fingerprint density at radius 3 is 2.44 bits per heavy atom. The molecule has 1 heterocycles. The highest BCUT2D eigenvalue weighted by Gasteiger charge is 2.46. The summed E-state index contributed by atoms with van der Waals surface area (Å²) < 4.78 is 10.8. The lowest BCUT2D eigenvalue weighted by Crippen LogP contribution is -2.64. The van der Waals surface area contributed by atoms with E-state index >= 15 is 0 Å². The van der Waals surface area contributed by atoms with Crippen molar-refractivity contribution in [3.05, 3.63) is 59.2 Å². The number of benzene rings is 2. The number of hydrogen-bond donors (Lipinski definition) is 1. The SMILES string of the molecule is COc1ccc(CCN2C(=O)c3ccccc3C[C@@]2(C)C(=O)NC2CCCCCC2)cc1OC. The van der Waals surface area contributed by atoms with Crippen LogP contribution < -0.4 is 14.8 Å². The summed E-state index contributed by atoms with van der Waals surface area (Å²) in [6.45, 7) is 2.36. The van der Waals surface area contributed by atoms with Gasteiger partial charge < -0.3 is 19.7 Å². The highest BCUT2D eigenvalue weighted by molar-refractivity contribution is 6.02. The summed E-state index contributed by atoms with van der Waals surface area (Å²) in [6.07, 6.45) is 7.90. The summed E-state index contributed by atoms with van der Waals surface area (Å²) in [7, 11) is 3.22. The van der Waals surface area contributed by atoms with Crippen LogP contribution in [-0.4, -0.2) is 49.1 Å². The molecule has 2 aliphatic rings. The van der Waals surface area contributed by atoms with Gasteiger partial charge in [-0.05, 0) is 55.5 Å². The molecule has 0 bridgehead atoms. The standard InChI is InChI=1S/C28H36N2O4/c1-28(27(32)29-22-11-6-4-5-7-12-22)19-21-10-8-9-13-23(21)26(31)30(28)17-16-20-14-15-24(33-2)25(18-20)34-3/h8-10,13-15,18,22H,4-7,11-12,16-17,19H2,1-3H3,(H,29,32)/t28-/m0/s1. The highest BCUT2D eigenvalue weighted by Crippen LogP contribution is 2.33. The predicted octanol–water partition coefficient (Wildman–Crippen LogP) is 4.54. The van der Waals surface area contributed by atoms with E-state index in [0.29, 0.717) is 36.4 Å². The first-order valence-electron chi connectivity index (χ1n) is 12.4. The maximum atomic E-state index is 13.7. The minimum Gasteiger partial charge on any atom is -0.493 e. The third-order valence-corrected chi connectivity index (χ3v) is 7.37. The van der Waals surface area contributed by atoms with E-state index in [-0.39, 0.29) is 17.9 Å². The monoisotopic (exact) mass is 464 g/mol. The second-order valence-corrected chi connectivity index (χ2v) is 9.67. The third kappa shape index (κ3) is 4.91. The topological polar surface area (TPSA) is 67.9 Å². The summed E-state index contributed by atoms with van der Waals surface area (Å²) in [5.41, 5.74) is 1.72. The van der Waals surface area contributed by atoms with Crippen LogP contribution in [0.5, 0.6) is 11.5 Å². The van der Waals surface area contributed by atoms with Gasteiger partial charge >= 0.3 is 0 Å². The van der Waals surface area contributed by atoms with Crippen molar-refractivity contribution in [1.29, 1.82) is 0 Å². The fourth-order valence-electron chi connectivity index (χ4n) is 5.31. The number of methoxy groups -OCH3 is 2. The average Bonchev–Trinajstić information content (AvgIpc) is 3.12. The molecule has 6 nitrogen and oxygen atoms in total. The zero-order valence-electron chi connectivity index (χ0n) is 20.6. The molecule has 1 atom stereocenters. The summed E-state index contributed by atoms with van der Waals surface area (Å²) in [4.78, 5) is 29.1. The van der Waals surface area contributed by atoms with Crippen molar-refractivity contribution in [3.63, 3.8) is 0 Å². The first kappa shape index (κ1) is 24.1. The van der Waals surface area contributed by atoms with Gasteiger partial charge in [0.15, 0.2) is 11.5 Å². The molecule has 1 aliphatic heterocycles. The van der Waals surface area contributed by atoms with Crippen molar-refractivity contribution in [3.8, 4) is 11.5 Å². The number of carbonyl (C=O) groups is 2. The lowest BCUT2D eigenvalue weighted by atomic mass is 9.82. The van der Waals surface area contributed by atoms with Crippen LogP contribution in [0.25, 0.3) is 0 Å². The van der Waals surface area contributed by atoms with E-state index in [1.165, 1.54) is 12.8 Å². The minimum atomic E-state index is -0.936. The molecule has 4 rings (SSSR count). The number of ether oxygens (including phenoxy) is 2. The van der Waals surface area contributed by atoms with Gasteiger partial charge in [0.1, 0.15) is 5.54 Å². The lowest BCUT2D eigenvalue weighted by Gasteiger charge is -2.44. The van der Waals surface area contributed by atoms with Gasteiger partial charge in [0.25, 0.3) is 5.91 Å². The molecule has 1 saturated carbocycles. The van der Waals surface area contributed by atoms with Crippen LogP contribution in [0.4, 0.5) is 0 Å². The molecular formula is C28H36N2O4. The van der Waals surface area contributed by atoms with Gasteiger partial charge in [-0.3, -0.25) is 9.59 Å². The van der Waals surface area contributed by atoms with E-state index in [1.54, 1.807) is 19.1 Å². The Morgan fingerprint density at radius 1 is 1.03 bits per heavy atom. The number of amides is 2. The van der Waals surface area contributed by atoms with E-state index in [0.717, 1.165) is 36.8 Å². The number of nitrogens with one attached hydrogen (secondary N) is 1. The number of nitrogens with zero attached hydrogens (tertiary/aromatic N) is 1. The quantitative estimate of drug-likeness (QED) is 0.611. The Bertz CT molecular complexity index is 1030. The molecule has 182 valence electrons. The summed E-state index contributed by atoms with van der Waals surface area (Å²) >= 11 is 0. The molecule has 1 aliphatic carbocycles. The van der Waals surface area contributed by atoms with Crippen LogP contribution in [-0.2, 0) is 17.6 Å². The van der Waals surface area contributed by atoms with E-state index in [4.69, 9.17) is 9.47 Å². The number of rotatable bonds is 7. The van der Waals surface area contributed by atoms with Gasteiger partial charge in [-0.15, -0.1) is 0 Å². The van der Waals surface area contributed by atoms with Crippen LogP contribution in [0.1, 0.15) is 66.9 Å². The first-order chi connectivity index (χ1) is 16.5. The molecule has 0 saturated heterocycles. The second kappa shape index (κ2) is 10.5. The van der Waals surface area contributed by atoms with Crippen molar-refractivity contribution in [2.24, 2.45) is 0 Å². The van der Waals surface area contributed by atoms with Crippen LogP contribution in [0, 0.1) is 0 Å². The van der Waals surface area contributed by atoms with E-state index in [1.807, 2.05) is 49.4 Å². The summed E-state index contributed by atoms with van der Waals surface area (Å²) in [5.74, 6) is 1.20. The molecule has 0 spiro atoms. The van der Waals surface area contributed by atoms with Crippen molar-refractivity contribution < 1.29 is 19.1 Å². The van der Waals surface area contributed by atoms with E-state index < -0.39 is 5.54 Å². The van der Waals surface area contributed by atoms with Gasteiger partial charge in [-0.1, -0.05) is 49.9 Å². The number of carbonyl (C=O) groups excluding carboxylic acids is 2.